The summed E-state index contributed by atoms with van der Waals surface area (Å²) >= 11 is 0. The molecule has 0 aliphatic carbocycles. The van der Waals surface area contributed by atoms with Crippen LogP contribution >= 0.6 is 0 Å². The van der Waals surface area contributed by atoms with Gasteiger partial charge in [-0.3, -0.25) is 14.5 Å². The van der Waals surface area contributed by atoms with Crippen molar-refractivity contribution in [2.45, 2.75) is 38.5 Å². The molecule has 0 radical (unpaired) electrons. The number of hydrogen-bond donors (Lipinski definition) is 1. The van der Waals surface area contributed by atoms with Gasteiger partial charge in [0, 0.05) is 23.9 Å². The largest absolute Gasteiger partial charge is 0.433 e. The average molecular weight is 425 g/mol. The highest BCUT2D eigenvalue weighted by molar-refractivity contribution is 5.95. The summed E-state index contributed by atoms with van der Waals surface area (Å²) in [6, 6.07) is 10.8. The molecule has 0 saturated carbocycles. The van der Waals surface area contributed by atoms with Crippen LogP contribution in [0.25, 0.3) is 11.3 Å². The monoisotopic (exact) mass is 425 g/mol. The summed E-state index contributed by atoms with van der Waals surface area (Å²) in [4.78, 5) is 16.2. The van der Waals surface area contributed by atoms with Crippen molar-refractivity contribution in [2.75, 3.05) is 0 Å². The minimum atomic E-state index is -4.54. The van der Waals surface area contributed by atoms with E-state index in [2.05, 4.69) is 15.4 Å². The zero-order valence-corrected chi connectivity index (χ0v) is 16.6. The molecule has 1 amide bonds. The van der Waals surface area contributed by atoms with Crippen molar-refractivity contribution in [2.24, 2.45) is 0 Å². The maximum atomic E-state index is 13.0. The Kier molecular flexibility index (Phi) is 5.23. The van der Waals surface area contributed by atoms with Gasteiger partial charge in [0.25, 0.3) is 5.91 Å². The highest BCUT2D eigenvalue weighted by atomic mass is 19.4. The minimum absolute atomic E-state index is 0.312. The number of benzene rings is 1. The highest BCUT2D eigenvalue weighted by Gasteiger charge is 2.33. The number of aromatic nitrogens is 3. The number of halogens is 3. The quantitative estimate of drug-likeness (QED) is 0.674. The van der Waals surface area contributed by atoms with Gasteiger partial charge in [0.05, 0.1) is 29.1 Å². The molecule has 1 aliphatic heterocycles. The number of carbonyl (C=O) groups is 1. The molecule has 4 rings (SSSR count). The van der Waals surface area contributed by atoms with Gasteiger partial charge < -0.3 is 5.32 Å². The Balaban J connectivity index is 1.61. The van der Waals surface area contributed by atoms with E-state index < -0.39 is 11.9 Å². The molecule has 1 aliphatic rings. The van der Waals surface area contributed by atoms with Gasteiger partial charge in [0.15, 0.2) is 0 Å². The third kappa shape index (κ3) is 4.28. The lowest BCUT2D eigenvalue weighted by Gasteiger charge is -2.24. The van der Waals surface area contributed by atoms with E-state index in [9.17, 15) is 18.0 Å². The topological polar surface area (TPSA) is 83.6 Å². The van der Waals surface area contributed by atoms with Crippen molar-refractivity contribution in [1.29, 1.82) is 5.26 Å². The Labute approximate surface area is 176 Å². The van der Waals surface area contributed by atoms with E-state index in [0.29, 0.717) is 35.3 Å². The lowest BCUT2D eigenvalue weighted by atomic mass is 10.0. The number of hydrogen-bond acceptors (Lipinski definition) is 4. The molecule has 1 unspecified atom stereocenters. The summed E-state index contributed by atoms with van der Waals surface area (Å²) in [5.74, 6) is -0.315. The summed E-state index contributed by atoms with van der Waals surface area (Å²) < 4.78 is 40.7. The first-order chi connectivity index (χ1) is 14.7. The molecule has 1 aromatic carbocycles. The summed E-state index contributed by atoms with van der Waals surface area (Å²) in [5, 5.41) is 16.5. The van der Waals surface area contributed by atoms with Crippen molar-refractivity contribution < 1.29 is 18.0 Å². The smallest absolute Gasteiger partial charge is 0.344 e. The molecular weight excluding hydrogens is 407 g/mol. The number of nitriles is 1. The normalized spacial score (nSPS) is 15.8. The second kappa shape index (κ2) is 7.87. The van der Waals surface area contributed by atoms with Gasteiger partial charge in [0.1, 0.15) is 5.69 Å². The van der Waals surface area contributed by atoms with Crippen molar-refractivity contribution in [1.82, 2.24) is 20.1 Å². The number of fused-ring (bicyclic) bond motifs is 1. The molecule has 1 atom stereocenters. The molecule has 9 heteroatoms. The summed E-state index contributed by atoms with van der Waals surface area (Å²) in [6.45, 7) is 2.42. The number of alkyl halides is 3. The van der Waals surface area contributed by atoms with Crippen molar-refractivity contribution in [3.05, 3.63) is 70.7 Å². The third-order valence-corrected chi connectivity index (χ3v) is 5.15. The SMILES string of the molecule is Cc1cc(C#N)cc(C(=O)NC2CCCn3nc(-c4ccnc(C(F)(F)F)c4)cc32)c1. The predicted octanol–water partition coefficient (Wildman–Crippen LogP) is 4.41. The zero-order valence-electron chi connectivity index (χ0n) is 16.6. The number of nitrogens with one attached hydrogen (secondary N) is 1. The molecule has 2 aromatic heterocycles. The number of carbonyl (C=O) groups excluding carboxylic acids is 1. The maximum Gasteiger partial charge on any atom is 0.433 e. The molecule has 3 aromatic rings. The first-order valence-corrected chi connectivity index (χ1v) is 9.68. The Morgan fingerprint density at radius 3 is 2.81 bits per heavy atom. The Morgan fingerprint density at radius 1 is 1.26 bits per heavy atom. The van der Waals surface area contributed by atoms with Gasteiger partial charge in [-0.2, -0.15) is 23.5 Å². The molecular formula is C22H18F3N5O. The van der Waals surface area contributed by atoms with Gasteiger partial charge in [0.2, 0.25) is 0 Å². The van der Waals surface area contributed by atoms with E-state index in [0.717, 1.165) is 29.9 Å². The number of pyridine rings is 1. The van der Waals surface area contributed by atoms with Crippen LogP contribution in [0.15, 0.2) is 42.6 Å². The second-order valence-corrected chi connectivity index (χ2v) is 7.47. The van der Waals surface area contributed by atoms with Crippen LogP contribution in [0.4, 0.5) is 13.2 Å². The van der Waals surface area contributed by atoms with Crippen LogP contribution in [0.1, 0.15) is 51.8 Å². The predicted molar refractivity (Wildman–Crippen MR) is 106 cm³/mol. The molecule has 6 nitrogen and oxygen atoms in total. The van der Waals surface area contributed by atoms with E-state index in [4.69, 9.17) is 5.26 Å². The number of rotatable bonds is 3. The maximum absolute atomic E-state index is 13.0. The fourth-order valence-electron chi connectivity index (χ4n) is 3.74. The Hall–Kier alpha value is -3.67. The molecule has 0 fully saturated rings. The van der Waals surface area contributed by atoms with E-state index >= 15 is 0 Å². The van der Waals surface area contributed by atoms with Crippen LogP contribution in [0.2, 0.25) is 0 Å². The van der Waals surface area contributed by atoms with Gasteiger partial charge >= 0.3 is 6.18 Å². The molecule has 0 saturated heterocycles. The summed E-state index contributed by atoms with van der Waals surface area (Å²) in [5.41, 5.74) is 2.05. The minimum Gasteiger partial charge on any atom is -0.344 e. The van der Waals surface area contributed by atoms with Crippen LogP contribution in [-0.2, 0) is 12.7 Å². The lowest BCUT2D eigenvalue weighted by Crippen LogP contribution is -2.32. The van der Waals surface area contributed by atoms with Crippen LogP contribution < -0.4 is 5.32 Å². The van der Waals surface area contributed by atoms with Crippen molar-refractivity contribution in [3.63, 3.8) is 0 Å². The number of nitrogens with zero attached hydrogens (tertiary/aromatic N) is 4. The Bertz CT molecular complexity index is 1190. The molecule has 158 valence electrons. The summed E-state index contributed by atoms with van der Waals surface area (Å²) in [7, 11) is 0. The number of aryl methyl sites for hydroxylation is 2. The van der Waals surface area contributed by atoms with E-state index in [-0.39, 0.29) is 11.9 Å². The molecule has 1 N–H and O–H groups in total. The van der Waals surface area contributed by atoms with Crippen molar-refractivity contribution >= 4 is 5.91 Å². The molecule has 31 heavy (non-hydrogen) atoms. The third-order valence-electron chi connectivity index (χ3n) is 5.15. The highest BCUT2D eigenvalue weighted by Crippen LogP contribution is 2.33. The van der Waals surface area contributed by atoms with E-state index in [1.807, 2.05) is 13.0 Å². The average Bonchev–Trinajstić information content (AvgIpc) is 3.18. The van der Waals surface area contributed by atoms with Gasteiger partial charge in [-0.25, -0.2) is 0 Å². The first kappa shape index (κ1) is 20.6. The van der Waals surface area contributed by atoms with Crippen LogP contribution in [0.5, 0.6) is 0 Å². The standard InChI is InChI=1S/C22H18F3N5O/c1-13-7-14(12-26)9-16(8-13)21(31)28-17-3-2-6-30-19(17)11-18(29-30)15-4-5-27-20(10-15)22(23,24)25/h4-5,7-11,17H,2-3,6H2,1H3,(H,28,31). The lowest BCUT2D eigenvalue weighted by molar-refractivity contribution is -0.141. The van der Waals surface area contributed by atoms with Crippen LogP contribution in [0, 0.1) is 18.3 Å². The van der Waals surface area contributed by atoms with Gasteiger partial charge in [-0.05, 0) is 61.7 Å². The van der Waals surface area contributed by atoms with Crippen LogP contribution in [0.3, 0.4) is 0 Å². The zero-order chi connectivity index (χ0) is 22.2. The first-order valence-electron chi connectivity index (χ1n) is 9.68. The van der Waals surface area contributed by atoms with E-state index in [1.54, 1.807) is 22.9 Å². The number of amides is 1. The second-order valence-electron chi connectivity index (χ2n) is 7.47. The Morgan fingerprint density at radius 2 is 2.06 bits per heavy atom. The van der Waals surface area contributed by atoms with Crippen LogP contribution in [-0.4, -0.2) is 20.7 Å². The molecule has 0 bridgehead atoms. The molecule has 0 spiro atoms. The van der Waals surface area contributed by atoms with Gasteiger partial charge in [-0.15, -0.1) is 0 Å². The van der Waals surface area contributed by atoms with Gasteiger partial charge in [-0.1, -0.05) is 0 Å². The molecule has 3 heterocycles. The fraction of sp³-hybridized carbons (Fsp3) is 0.273. The van der Waals surface area contributed by atoms with E-state index in [1.165, 1.54) is 12.1 Å². The summed E-state index contributed by atoms with van der Waals surface area (Å²) in [6.07, 6.45) is -1.99. The van der Waals surface area contributed by atoms with Crippen molar-refractivity contribution in [3.8, 4) is 17.3 Å². The fourth-order valence-corrected chi connectivity index (χ4v) is 3.74.